The molecule has 0 amide bonds. The van der Waals surface area contributed by atoms with Gasteiger partial charge in [0, 0.05) is 17.0 Å². The molecule has 1 aliphatic rings. The van der Waals surface area contributed by atoms with E-state index in [0.29, 0.717) is 0 Å². The van der Waals surface area contributed by atoms with Crippen LogP contribution in [0.25, 0.3) is 0 Å². The summed E-state index contributed by atoms with van der Waals surface area (Å²) in [6.07, 6.45) is 5.61. The zero-order chi connectivity index (χ0) is 12.3. The number of thioether (sulfide) groups is 1. The van der Waals surface area contributed by atoms with Crippen molar-refractivity contribution in [2.75, 3.05) is 5.75 Å². The van der Waals surface area contributed by atoms with Gasteiger partial charge < -0.3 is 5.73 Å². The van der Waals surface area contributed by atoms with Crippen LogP contribution in [0.3, 0.4) is 0 Å². The second-order valence-electron chi connectivity index (χ2n) is 5.14. The monoisotopic (exact) mass is 249 g/mol. The maximum absolute atomic E-state index is 6.32. The standard InChI is InChI=1S/C15H23NS/c1-11-6-5-9-14(12(11)2)15(16)10-17-13-7-3-4-8-13/h5-6,9,13,15H,3-4,7-8,10,16H2,1-2H3. The van der Waals surface area contributed by atoms with E-state index in [9.17, 15) is 0 Å². The number of hydrogen-bond donors (Lipinski definition) is 1. The summed E-state index contributed by atoms with van der Waals surface area (Å²) in [6.45, 7) is 4.35. The summed E-state index contributed by atoms with van der Waals surface area (Å²) in [5, 5.41) is 0.867. The summed E-state index contributed by atoms with van der Waals surface area (Å²) in [5.74, 6) is 1.06. The summed E-state index contributed by atoms with van der Waals surface area (Å²) in [5.41, 5.74) is 10.4. The van der Waals surface area contributed by atoms with Crippen LogP contribution in [0.2, 0.25) is 0 Å². The zero-order valence-electron chi connectivity index (χ0n) is 10.9. The van der Waals surface area contributed by atoms with Gasteiger partial charge in [0.15, 0.2) is 0 Å². The molecule has 0 radical (unpaired) electrons. The topological polar surface area (TPSA) is 26.0 Å². The molecule has 1 fully saturated rings. The average Bonchev–Trinajstić information content (AvgIpc) is 2.82. The van der Waals surface area contributed by atoms with Crippen LogP contribution >= 0.6 is 11.8 Å². The maximum Gasteiger partial charge on any atom is 0.0389 e. The van der Waals surface area contributed by atoms with E-state index < -0.39 is 0 Å². The van der Waals surface area contributed by atoms with Gasteiger partial charge in [0.1, 0.15) is 0 Å². The number of benzene rings is 1. The minimum absolute atomic E-state index is 0.195. The molecule has 0 bridgehead atoms. The van der Waals surface area contributed by atoms with Gasteiger partial charge in [-0.2, -0.15) is 11.8 Å². The van der Waals surface area contributed by atoms with Crippen LogP contribution in [0.4, 0.5) is 0 Å². The molecule has 0 spiro atoms. The Bertz CT molecular complexity index is 369. The molecule has 1 aromatic carbocycles. The van der Waals surface area contributed by atoms with E-state index in [1.165, 1.54) is 42.4 Å². The summed E-state index contributed by atoms with van der Waals surface area (Å²) in [4.78, 5) is 0. The van der Waals surface area contributed by atoms with E-state index in [2.05, 4.69) is 43.8 Å². The van der Waals surface area contributed by atoms with Crippen molar-refractivity contribution in [3.05, 3.63) is 34.9 Å². The Labute approximate surface area is 109 Å². The molecule has 1 nitrogen and oxygen atoms in total. The second-order valence-corrected chi connectivity index (χ2v) is 6.47. The lowest BCUT2D eigenvalue weighted by Gasteiger charge is -2.18. The van der Waals surface area contributed by atoms with E-state index in [1.807, 2.05) is 0 Å². The molecule has 94 valence electrons. The molecule has 0 aliphatic heterocycles. The molecule has 2 heteroatoms. The Morgan fingerprint density at radius 2 is 2.00 bits per heavy atom. The van der Waals surface area contributed by atoms with E-state index in [1.54, 1.807) is 0 Å². The fourth-order valence-electron chi connectivity index (χ4n) is 2.56. The Morgan fingerprint density at radius 1 is 1.29 bits per heavy atom. The van der Waals surface area contributed by atoms with Crippen LogP contribution in [0, 0.1) is 13.8 Å². The van der Waals surface area contributed by atoms with E-state index in [-0.39, 0.29) is 6.04 Å². The van der Waals surface area contributed by atoms with Crippen LogP contribution in [0.15, 0.2) is 18.2 Å². The van der Waals surface area contributed by atoms with Gasteiger partial charge >= 0.3 is 0 Å². The number of aryl methyl sites for hydroxylation is 1. The molecule has 1 aromatic rings. The quantitative estimate of drug-likeness (QED) is 0.873. The van der Waals surface area contributed by atoms with Crippen LogP contribution < -0.4 is 5.73 Å². The minimum atomic E-state index is 0.195. The molecule has 2 N–H and O–H groups in total. The third kappa shape index (κ3) is 3.26. The van der Waals surface area contributed by atoms with E-state index >= 15 is 0 Å². The molecular formula is C15H23NS. The zero-order valence-corrected chi connectivity index (χ0v) is 11.7. The number of hydrogen-bond acceptors (Lipinski definition) is 2. The van der Waals surface area contributed by atoms with Crippen molar-refractivity contribution >= 4 is 11.8 Å². The summed E-state index contributed by atoms with van der Waals surface area (Å²) in [7, 11) is 0. The predicted molar refractivity (Wildman–Crippen MR) is 77.6 cm³/mol. The van der Waals surface area contributed by atoms with Crippen molar-refractivity contribution in [3.63, 3.8) is 0 Å². The average molecular weight is 249 g/mol. The Morgan fingerprint density at radius 3 is 2.71 bits per heavy atom. The molecule has 1 unspecified atom stereocenters. The SMILES string of the molecule is Cc1cccc(C(N)CSC2CCCC2)c1C. The summed E-state index contributed by atoms with van der Waals surface area (Å²) in [6, 6.07) is 6.66. The van der Waals surface area contributed by atoms with Gasteiger partial charge in [-0.1, -0.05) is 31.0 Å². The van der Waals surface area contributed by atoms with Crippen molar-refractivity contribution in [2.45, 2.75) is 50.8 Å². The van der Waals surface area contributed by atoms with Gasteiger partial charge in [-0.15, -0.1) is 0 Å². The molecule has 0 aromatic heterocycles. The second kappa shape index (κ2) is 5.92. The van der Waals surface area contributed by atoms with Crippen molar-refractivity contribution in [2.24, 2.45) is 5.73 Å². The van der Waals surface area contributed by atoms with Gasteiger partial charge in [-0.05, 0) is 43.4 Å². The number of rotatable bonds is 4. The first-order chi connectivity index (χ1) is 8.18. The fraction of sp³-hybridized carbons (Fsp3) is 0.600. The lowest BCUT2D eigenvalue weighted by Crippen LogP contribution is -2.16. The van der Waals surface area contributed by atoms with Gasteiger partial charge in [-0.3, -0.25) is 0 Å². The van der Waals surface area contributed by atoms with Crippen molar-refractivity contribution in [1.29, 1.82) is 0 Å². The number of nitrogens with two attached hydrogens (primary N) is 1. The van der Waals surface area contributed by atoms with Crippen LogP contribution in [0.5, 0.6) is 0 Å². The molecule has 0 heterocycles. The predicted octanol–water partition coefficient (Wildman–Crippen LogP) is 3.98. The van der Waals surface area contributed by atoms with Gasteiger partial charge in [0.25, 0.3) is 0 Å². The van der Waals surface area contributed by atoms with Crippen LogP contribution in [0.1, 0.15) is 48.4 Å². The van der Waals surface area contributed by atoms with Crippen molar-refractivity contribution < 1.29 is 0 Å². The first-order valence-corrected chi connectivity index (χ1v) is 7.66. The minimum Gasteiger partial charge on any atom is -0.323 e. The third-order valence-corrected chi connectivity index (χ3v) is 5.35. The van der Waals surface area contributed by atoms with Crippen molar-refractivity contribution in [1.82, 2.24) is 0 Å². The smallest absolute Gasteiger partial charge is 0.0389 e. The molecule has 1 aliphatic carbocycles. The first-order valence-electron chi connectivity index (χ1n) is 6.62. The molecular weight excluding hydrogens is 226 g/mol. The highest BCUT2D eigenvalue weighted by molar-refractivity contribution is 7.99. The highest BCUT2D eigenvalue weighted by atomic mass is 32.2. The Hall–Kier alpha value is -0.470. The van der Waals surface area contributed by atoms with Gasteiger partial charge in [0.05, 0.1) is 0 Å². The fourth-order valence-corrected chi connectivity index (χ4v) is 3.89. The first kappa shape index (κ1) is 13.0. The molecule has 2 rings (SSSR count). The summed E-state index contributed by atoms with van der Waals surface area (Å²) >= 11 is 2.08. The van der Waals surface area contributed by atoms with Gasteiger partial charge in [-0.25, -0.2) is 0 Å². The lowest BCUT2D eigenvalue weighted by molar-refractivity contribution is 0.811. The maximum atomic E-state index is 6.32. The van der Waals surface area contributed by atoms with E-state index in [0.717, 1.165) is 11.0 Å². The largest absolute Gasteiger partial charge is 0.323 e. The highest BCUT2D eigenvalue weighted by Gasteiger charge is 2.17. The molecule has 1 atom stereocenters. The Kier molecular flexibility index (Phi) is 4.52. The molecule has 1 saturated carbocycles. The Balaban J connectivity index is 1.94. The lowest BCUT2D eigenvalue weighted by atomic mass is 9.99. The van der Waals surface area contributed by atoms with Crippen LogP contribution in [-0.4, -0.2) is 11.0 Å². The molecule has 0 saturated heterocycles. The van der Waals surface area contributed by atoms with Gasteiger partial charge in [0.2, 0.25) is 0 Å². The summed E-state index contributed by atoms with van der Waals surface area (Å²) < 4.78 is 0. The normalized spacial score (nSPS) is 18.5. The highest BCUT2D eigenvalue weighted by Crippen LogP contribution is 2.32. The van der Waals surface area contributed by atoms with Crippen molar-refractivity contribution in [3.8, 4) is 0 Å². The third-order valence-electron chi connectivity index (χ3n) is 3.86. The molecule has 17 heavy (non-hydrogen) atoms. The van der Waals surface area contributed by atoms with Crippen LogP contribution in [-0.2, 0) is 0 Å². The van der Waals surface area contributed by atoms with E-state index in [4.69, 9.17) is 5.73 Å².